The molecule has 1 aromatic rings. The minimum Gasteiger partial charge on any atom is -0.385 e. The molecular weight excluding hydrogens is 250 g/mol. The quantitative estimate of drug-likeness (QED) is 0.735. The van der Waals surface area contributed by atoms with Crippen LogP contribution in [0.3, 0.4) is 0 Å². The molecule has 0 aliphatic rings. The van der Waals surface area contributed by atoms with Gasteiger partial charge in [0.2, 0.25) is 10.0 Å². The highest BCUT2D eigenvalue weighted by molar-refractivity contribution is 7.89. The third-order valence-corrected chi connectivity index (χ3v) is 4.07. The first kappa shape index (κ1) is 15.1. The zero-order valence-corrected chi connectivity index (χ0v) is 11.8. The van der Waals surface area contributed by atoms with Gasteiger partial charge in [-0.05, 0) is 30.5 Å². The lowest BCUT2D eigenvalue weighted by atomic mass is 10.1. The van der Waals surface area contributed by atoms with Crippen LogP contribution in [-0.2, 0) is 21.2 Å². The molecule has 0 saturated carbocycles. The van der Waals surface area contributed by atoms with Gasteiger partial charge in [-0.15, -0.1) is 0 Å². The van der Waals surface area contributed by atoms with Gasteiger partial charge in [-0.1, -0.05) is 25.5 Å². The van der Waals surface area contributed by atoms with E-state index in [0.29, 0.717) is 24.5 Å². The summed E-state index contributed by atoms with van der Waals surface area (Å²) >= 11 is 0. The minimum atomic E-state index is -3.38. The second-order valence-electron chi connectivity index (χ2n) is 4.14. The van der Waals surface area contributed by atoms with Gasteiger partial charge in [0, 0.05) is 20.3 Å². The molecular formula is C13H21NO3S. The van der Waals surface area contributed by atoms with E-state index in [4.69, 9.17) is 4.74 Å². The Balaban J connectivity index is 2.61. The Labute approximate surface area is 109 Å². The molecule has 0 fully saturated rings. The average molecular weight is 271 g/mol. The van der Waals surface area contributed by atoms with Gasteiger partial charge in [-0.25, -0.2) is 13.1 Å². The van der Waals surface area contributed by atoms with Crippen molar-refractivity contribution in [2.75, 3.05) is 20.3 Å². The van der Waals surface area contributed by atoms with Crippen LogP contribution < -0.4 is 4.72 Å². The summed E-state index contributed by atoms with van der Waals surface area (Å²) in [6.45, 7) is 3.05. The fraction of sp³-hybridized carbons (Fsp3) is 0.538. The van der Waals surface area contributed by atoms with Crippen molar-refractivity contribution in [3.8, 4) is 0 Å². The van der Waals surface area contributed by atoms with Crippen LogP contribution >= 0.6 is 0 Å². The number of hydrogen-bond donors (Lipinski definition) is 1. The van der Waals surface area contributed by atoms with Gasteiger partial charge >= 0.3 is 0 Å². The van der Waals surface area contributed by atoms with Gasteiger partial charge in [0.15, 0.2) is 0 Å². The molecule has 0 heterocycles. The molecule has 0 saturated heterocycles. The number of benzene rings is 1. The minimum absolute atomic E-state index is 0.319. The first-order chi connectivity index (χ1) is 8.60. The number of rotatable bonds is 8. The maximum absolute atomic E-state index is 11.9. The van der Waals surface area contributed by atoms with Gasteiger partial charge in [-0.2, -0.15) is 0 Å². The molecule has 0 aromatic heterocycles. The number of methoxy groups -OCH3 is 1. The molecule has 0 aliphatic carbocycles. The van der Waals surface area contributed by atoms with Crippen molar-refractivity contribution in [2.24, 2.45) is 0 Å². The van der Waals surface area contributed by atoms with Crippen molar-refractivity contribution >= 4 is 10.0 Å². The maximum Gasteiger partial charge on any atom is 0.240 e. The average Bonchev–Trinajstić information content (AvgIpc) is 2.36. The van der Waals surface area contributed by atoms with Crippen LogP contribution in [0.5, 0.6) is 0 Å². The molecule has 0 bridgehead atoms. The second kappa shape index (κ2) is 7.51. The van der Waals surface area contributed by atoms with Crippen LogP contribution in [0.1, 0.15) is 25.3 Å². The van der Waals surface area contributed by atoms with Crippen molar-refractivity contribution in [1.82, 2.24) is 4.72 Å². The van der Waals surface area contributed by atoms with Crippen LogP contribution in [0.15, 0.2) is 29.2 Å². The first-order valence-corrected chi connectivity index (χ1v) is 7.66. The lowest BCUT2D eigenvalue weighted by molar-refractivity contribution is 0.196. The molecule has 1 aromatic carbocycles. The Morgan fingerprint density at radius 1 is 1.22 bits per heavy atom. The molecule has 4 nitrogen and oxygen atoms in total. The highest BCUT2D eigenvalue weighted by Crippen LogP contribution is 2.11. The Morgan fingerprint density at radius 3 is 2.44 bits per heavy atom. The predicted molar refractivity (Wildman–Crippen MR) is 72.1 cm³/mol. The summed E-state index contributed by atoms with van der Waals surface area (Å²) in [6.07, 6.45) is 2.70. The molecule has 0 amide bonds. The van der Waals surface area contributed by atoms with Crippen molar-refractivity contribution in [3.05, 3.63) is 29.8 Å². The molecule has 0 radical (unpaired) electrons. The summed E-state index contributed by atoms with van der Waals surface area (Å²) in [5, 5.41) is 0. The lowest BCUT2D eigenvalue weighted by Gasteiger charge is -2.07. The first-order valence-electron chi connectivity index (χ1n) is 6.17. The smallest absolute Gasteiger partial charge is 0.240 e. The topological polar surface area (TPSA) is 55.4 Å². The molecule has 0 aliphatic heterocycles. The van der Waals surface area contributed by atoms with Crippen molar-refractivity contribution in [2.45, 2.75) is 31.1 Å². The van der Waals surface area contributed by atoms with Crippen LogP contribution in [0, 0.1) is 0 Å². The number of nitrogens with one attached hydrogen (secondary N) is 1. The van der Waals surface area contributed by atoms with E-state index in [9.17, 15) is 8.42 Å². The predicted octanol–water partition coefficient (Wildman–Crippen LogP) is 1.95. The molecule has 1 N–H and O–H groups in total. The van der Waals surface area contributed by atoms with E-state index in [1.54, 1.807) is 19.2 Å². The monoisotopic (exact) mass is 271 g/mol. The lowest BCUT2D eigenvalue weighted by Crippen LogP contribution is -2.25. The molecule has 0 spiro atoms. The molecule has 0 atom stereocenters. The third-order valence-electron chi connectivity index (χ3n) is 2.59. The number of ether oxygens (including phenoxy) is 1. The summed E-state index contributed by atoms with van der Waals surface area (Å²) in [6, 6.07) is 7.05. The van der Waals surface area contributed by atoms with Crippen LogP contribution in [0.25, 0.3) is 0 Å². The second-order valence-corrected chi connectivity index (χ2v) is 5.91. The fourth-order valence-corrected chi connectivity index (χ4v) is 2.70. The van der Waals surface area contributed by atoms with E-state index in [-0.39, 0.29) is 0 Å². The Bertz CT molecular complexity index is 440. The van der Waals surface area contributed by atoms with E-state index >= 15 is 0 Å². The summed E-state index contributed by atoms with van der Waals surface area (Å²) in [7, 11) is -1.78. The summed E-state index contributed by atoms with van der Waals surface area (Å²) in [4.78, 5) is 0.319. The zero-order chi connectivity index (χ0) is 13.4. The van der Waals surface area contributed by atoms with Gasteiger partial charge in [0.1, 0.15) is 0 Å². The Morgan fingerprint density at radius 2 is 1.89 bits per heavy atom. The van der Waals surface area contributed by atoms with Crippen LogP contribution in [0.4, 0.5) is 0 Å². The van der Waals surface area contributed by atoms with Crippen molar-refractivity contribution < 1.29 is 13.2 Å². The summed E-state index contributed by atoms with van der Waals surface area (Å²) < 4.78 is 31.2. The highest BCUT2D eigenvalue weighted by Gasteiger charge is 2.12. The van der Waals surface area contributed by atoms with Gasteiger partial charge in [0.05, 0.1) is 4.90 Å². The van der Waals surface area contributed by atoms with E-state index in [1.165, 1.54) is 0 Å². The zero-order valence-electron chi connectivity index (χ0n) is 11.0. The fourth-order valence-electron chi connectivity index (χ4n) is 1.63. The Kier molecular flexibility index (Phi) is 6.32. The SMILES string of the molecule is CCCc1ccc(S(=O)(=O)NCCCOC)cc1. The largest absolute Gasteiger partial charge is 0.385 e. The summed E-state index contributed by atoms with van der Waals surface area (Å²) in [5.74, 6) is 0. The van der Waals surface area contributed by atoms with Gasteiger partial charge in [-0.3, -0.25) is 0 Å². The molecule has 5 heteroatoms. The van der Waals surface area contributed by atoms with E-state index < -0.39 is 10.0 Å². The number of hydrogen-bond acceptors (Lipinski definition) is 3. The van der Waals surface area contributed by atoms with Gasteiger partial charge in [0.25, 0.3) is 0 Å². The van der Waals surface area contributed by atoms with Crippen molar-refractivity contribution in [1.29, 1.82) is 0 Å². The van der Waals surface area contributed by atoms with E-state index in [1.807, 2.05) is 12.1 Å². The maximum atomic E-state index is 11.9. The highest BCUT2D eigenvalue weighted by atomic mass is 32.2. The summed E-state index contributed by atoms with van der Waals surface area (Å²) in [5.41, 5.74) is 1.16. The third kappa shape index (κ3) is 4.76. The molecule has 0 unspecified atom stereocenters. The van der Waals surface area contributed by atoms with Gasteiger partial charge < -0.3 is 4.74 Å². The van der Waals surface area contributed by atoms with E-state index in [0.717, 1.165) is 18.4 Å². The van der Waals surface area contributed by atoms with Crippen molar-refractivity contribution in [3.63, 3.8) is 0 Å². The Hall–Kier alpha value is -0.910. The molecule has 18 heavy (non-hydrogen) atoms. The van der Waals surface area contributed by atoms with E-state index in [2.05, 4.69) is 11.6 Å². The number of sulfonamides is 1. The standard InChI is InChI=1S/C13H21NO3S/c1-3-5-12-6-8-13(9-7-12)18(15,16)14-10-4-11-17-2/h6-9,14H,3-5,10-11H2,1-2H3. The normalized spacial score (nSPS) is 11.7. The van der Waals surface area contributed by atoms with Crippen LogP contribution in [-0.4, -0.2) is 28.7 Å². The molecule has 1 rings (SSSR count). The molecule has 102 valence electrons. The number of aryl methyl sites for hydroxylation is 1. The van der Waals surface area contributed by atoms with Crippen LogP contribution in [0.2, 0.25) is 0 Å².